The Kier molecular flexibility index (Phi) is 3.43. The molecular formula is C17H23N3O. The second kappa shape index (κ2) is 5.43. The molecule has 4 heteroatoms. The van der Waals surface area contributed by atoms with Gasteiger partial charge in [-0.25, -0.2) is 0 Å². The van der Waals surface area contributed by atoms with Crippen LogP contribution in [0.5, 0.6) is 0 Å². The lowest BCUT2D eigenvalue weighted by Crippen LogP contribution is -2.48. The Hall–Kier alpha value is -1.39. The number of fused-ring (bicyclic) bond motifs is 2. The third kappa shape index (κ3) is 2.36. The molecule has 3 heterocycles. The molecule has 0 radical (unpaired) electrons. The zero-order valence-corrected chi connectivity index (χ0v) is 12.3. The molecule has 3 unspecified atom stereocenters. The average Bonchev–Trinajstić information content (AvgIpc) is 3.12. The molecule has 0 aliphatic carbocycles. The maximum atomic E-state index is 12.7. The van der Waals surface area contributed by atoms with Crippen LogP contribution in [-0.2, 0) is 11.2 Å². The first-order valence-corrected chi connectivity index (χ1v) is 8.18. The quantitative estimate of drug-likeness (QED) is 0.859. The van der Waals surface area contributed by atoms with Gasteiger partial charge in [-0.15, -0.1) is 0 Å². The number of benzene rings is 1. The van der Waals surface area contributed by atoms with Crippen LogP contribution in [0.2, 0.25) is 0 Å². The smallest absolute Gasteiger partial charge is 0.242 e. The fourth-order valence-electron chi connectivity index (χ4n) is 4.26. The second-order valence-electron chi connectivity index (χ2n) is 6.49. The third-order valence-corrected chi connectivity index (χ3v) is 5.30. The van der Waals surface area contributed by atoms with Crippen LogP contribution in [-0.4, -0.2) is 42.5 Å². The highest BCUT2D eigenvalue weighted by atomic mass is 16.2. The summed E-state index contributed by atoms with van der Waals surface area (Å²) in [5, 5.41) is 6.70. The van der Waals surface area contributed by atoms with E-state index >= 15 is 0 Å². The van der Waals surface area contributed by atoms with Crippen molar-refractivity contribution in [3.8, 4) is 0 Å². The van der Waals surface area contributed by atoms with Crippen molar-refractivity contribution in [2.24, 2.45) is 0 Å². The summed E-state index contributed by atoms with van der Waals surface area (Å²) in [5.74, 6) is 0.154. The lowest BCUT2D eigenvalue weighted by molar-refractivity contribution is -0.124. The number of nitrogens with zero attached hydrogens (tertiary/aromatic N) is 1. The van der Waals surface area contributed by atoms with E-state index in [2.05, 4.69) is 33.7 Å². The number of carbonyl (C=O) groups is 1. The minimum absolute atomic E-state index is 0.154. The molecule has 4 nitrogen and oxygen atoms in total. The number of amides is 1. The van der Waals surface area contributed by atoms with Gasteiger partial charge in [-0.2, -0.15) is 0 Å². The largest absolute Gasteiger partial charge is 0.350 e. The van der Waals surface area contributed by atoms with E-state index in [1.165, 1.54) is 24.9 Å². The van der Waals surface area contributed by atoms with Gasteiger partial charge in [-0.05, 0) is 43.4 Å². The van der Waals surface area contributed by atoms with Gasteiger partial charge in [0.25, 0.3) is 0 Å². The number of hydrogen-bond acceptors (Lipinski definition) is 3. The first kappa shape index (κ1) is 13.3. The average molecular weight is 285 g/mol. The maximum Gasteiger partial charge on any atom is 0.242 e. The van der Waals surface area contributed by atoms with Gasteiger partial charge in [-0.3, -0.25) is 9.69 Å². The molecular weight excluding hydrogens is 262 g/mol. The van der Waals surface area contributed by atoms with E-state index in [9.17, 15) is 4.79 Å². The normalized spacial score (nSPS) is 31.7. The number of rotatable bonds is 2. The minimum Gasteiger partial charge on any atom is -0.350 e. The fourth-order valence-corrected chi connectivity index (χ4v) is 4.26. The highest BCUT2D eigenvalue weighted by molar-refractivity contribution is 5.84. The molecule has 0 saturated carbocycles. The predicted molar refractivity (Wildman–Crippen MR) is 82.0 cm³/mol. The Labute approximate surface area is 125 Å². The Bertz CT molecular complexity index is 545. The van der Waals surface area contributed by atoms with E-state index < -0.39 is 0 Å². The van der Waals surface area contributed by atoms with Crippen LogP contribution in [0.4, 0.5) is 0 Å². The van der Waals surface area contributed by atoms with Crippen molar-refractivity contribution in [3.05, 3.63) is 35.4 Å². The molecule has 0 spiro atoms. The first-order chi connectivity index (χ1) is 10.3. The molecule has 4 rings (SSSR count). The molecule has 0 aromatic heterocycles. The van der Waals surface area contributed by atoms with Crippen molar-refractivity contribution in [2.75, 3.05) is 19.6 Å². The van der Waals surface area contributed by atoms with Crippen LogP contribution >= 0.6 is 0 Å². The lowest BCUT2D eigenvalue weighted by atomic mass is 9.93. The Balaban J connectivity index is 1.48. The first-order valence-electron chi connectivity index (χ1n) is 8.18. The summed E-state index contributed by atoms with van der Waals surface area (Å²) in [5.41, 5.74) is 2.47. The molecule has 1 aromatic carbocycles. The van der Waals surface area contributed by atoms with Crippen molar-refractivity contribution in [1.29, 1.82) is 0 Å². The topological polar surface area (TPSA) is 44.4 Å². The standard InChI is InChI=1S/C17H23N3O/c21-17(19-14-8-11-20-10-3-6-15(14)20)16-13-5-2-1-4-12(13)7-9-18-16/h1-2,4-5,14-16,18H,3,6-11H2,(H,19,21). The van der Waals surface area contributed by atoms with Gasteiger partial charge in [0.05, 0.1) is 0 Å². The molecule has 1 aromatic rings. The van der Waals surface area contributed by atoms with E-state index in [0.29, 0.717) is 12.1 Å². The van der Waals surface area contributed by atoms with Gasteiger partial charge in [0.2, 0.25) is 5.91 Å². The van der Waals surface area contributed by atoms with Crippen LogP contribution in [0, 0.1) is 0 Å². The Morgan fingerprint density at radius 3 is 3.10 bits per heavy atom. The summed E-state index contributed by atoms with van der Waals surface area (Å²) in [7, 11) is 0. The van der Waals surface area contributed by atoms with E-state index in [-0.39, 0.29) is 11.9 Å². The maximum absolute atomic E-state index is 12.7. The van der Waals surface area contributed by atoms with Crippen molar-refractivity contribution in [1.82, 2.24) is 15.5 Å². The predicted octanol–water partition coefficient (Wildman–Crippen LogP) is 1.23. The molecule has 3 atom stereocenters. The van der Waals surface area contributed by atoms with Gasteiger partial charge in [0.15, 0.2) is 0 Å². The number of nitrogens with one attached hydrogen (secondary N) is 2. The Morgan fingerprint density at radius 2 is 2.14 bits per heavy atom. The second-order valence-corrected chi connectivity index (χ2v) is 6.49. The number of carbonyl (C=O) groups excluding carboxylic acids is 1. The summed E-state index contributed by atoms with van der Waals surface area (Å²) in [6.45, 7) is 3.24. The molecule has 1 amide bonds. The van der Waals surface area contributed by atoms with Crippen LogP contribution in [0.15, 0.2) is 24.3 Å². The molecule has 3 aliphatic heterocycles. The van der Waals surface area contributed by atoms with Crippen LogP contribution in [0.25, 0.3) is 0 Å². The van der Waals surface area contributed by atoms with Crippen LogP contribution in [0.1, 0.15) is 36.4 Å². The van der Waals surface area contributed by atoms with Gasteiger partial charge in [0.1, 0.15) is 6.04 Å². The summed E-state index contributed by atoms with van der Waals surface area (Å²) in [6.07, 6.45) is 4.63. The van der Waals surface area contributed by atoms with Gasteiger partial charge < -0.3 is 10.6 Å². The third-order valence-electron chi connectivity index (χ3n) is 5.30. The molecule has 21 heavy (non-hydrogen) atoms. The molecule has 3 aliphatic rings. The van der Waals surface area contributed by atoms with Gasteiger partial charge in [0, 0.05) is 25.2 Å². The molecule has 2 saturated heterocycles. The van der Waals surface area contributed by atoms with E-state index in [1.54, 1.807) is 0 Å². The Morgan fingerprint density at radius 1 is 1.24 bits per heavy atom. The molecule has 2 fully saturated rings. The zero-order chi connectivity index (χ0) is 14.2. The van der Waals surface area contributed by atoms with Crippen molar-refractivity contribution < 1.29 is 4.79 Å². The van der Waals surface area contributed by atoms with Crippen LogP contribution < -0.4 is 10.6 Å². The van der Waals surface area contributed by atoms with E-state index in [4.69, 9.17) is 0 Å². The molecule has 2 N–H and O–H groups in total. The highest BCUT2D eigenvalue weighted by Crippen LogP contribution is 2.29. The fraction of sp³-hybridized carbons (Fsp3) is 0.588. The van der Waals surface area contributed by atoms with Crippen LogP contribution in [0.3, 0.4) is 0 Å². The summed E-state index contributed by atoms with van der Waals surface area (Å²) in [4.78, 5) is 15.2. The molecule has 0 bridgehead atoms. The minimum atomic E-state index is -0.176. The summed E-state index contributed by atoms with van der Waals surface area (Å²) in [6, 6.07) is 9.06. The van der Waals surface area contributed by atoms with Crippen molar-refractivity contribution >= 4 is 5.91 Å². The van der Waals surface area contributed by atoms with Crippen molar-refractivity contribution in [2.45, 2.75) is 43.8 Å². The van der Waals surface area contributed by atoms with Gasteiger partial charge >= 0.3 is 0 Å². The lowest BCUT2D eigenvalue weighted by Gasteiger charge is -2.28. The van der Waals surface area contributed by atoms with Gasteiger partial charge in [-0.1, -0.05) is 24.3 Å². The molecule has 112 valence electrons. The zero-order valence-electron chi connectivity index (χ0n) is 12.3. The monoisotopic (exact) mass is 285 g/mol. The van der Waals surface area contributed by atoms with Crippen molar-refractivity contribution in [3.63, 3.8) is 0 Å². The highest BCUT2D eigenvalue weighted by Gasteiger charge is 2.39. The van der Waals surface area contributed by atoms with E-state index in [1.807, 2.05) is 6.07 Å². The number of hydrogen-bond donors (Lipinski definition) is 2. The summed E-state index contributed by atoms with van der Waals surface area (Å²) < 4.78 is 0. The summed E-state index contributed by atoms with van der Waals surface area (Å²) >= 11 is 0. The SMILES string of the molecule is O=C(NC1CCN2CCCC12)C1NCCc2ccccc21. The van der Waals surface area contributed by atoms with E-state index in [0.717, 1.165) is 31.5 Å².